The molecule has 1 N–H and O–H groups in total. The lowest BCUT2D eigenvalue weighted by Crippen LogP contribution is -2.59. The predicted molar refractivity (Wildman–Crippen MR) is 107 cm³/mol. The van der Waals surface area contributed by atoms with E-state index in [1.807, 2.05) is 0 Å². The van der Waals surface area contributed by atoms with Crippen molar-refractivity contribution in [2.24, 2.45) is 23.2 Å². The van der Waals surface area contributed by atoms with E-state index in [1.54, 1.807) is 5.51 Å². The number of halogens is 1. The maximum Gasteiger partial charge on any atom is 0.229 e. The average molecular weight is 453 g/mol. The fourth-order valence-electron chi connectivity index (χ4n) is 6.52. The van der Waals surface area contributed by atoms with Gasteiger partial charge in [0.05, 0.1) is 5.41 Å². The van der Waals surface area contributed by atoms with Gasteiger partial charge in [0, 0.05) is 23.3 Å². The third kappa shape index (κ3) is 3.22. The molecule has 4 saturated carbocycles. The lowest BCUT2D eigenvalue weighted by Gasteiger charge is -2.60. The number of alkyl halides is 1. The Morgan fingerprint density at radius 1 is 1.19 bits per heavy atom. The maximum absolute atomic E-state index is 13.5. The highest BCUT2D eigenvalue weighted by atomic mass is 79.9. The molecule has 1 aromatic heterocycles. The molecule has 1 saturated heterocycles. The Labute approximate surface area is 171 Å². The van der Waals surface area contributed by atoms with Crippen LogP contribution in [0.5, 0.6) is 0 Å². The highest BCUT2D eigenvalue weighted by Gasteiger charge is 2.60. The van der Waals surface area contributed by atoms with Crippen molar-refractivity contribution in [1.29, 1.82) is 0 Å². The number of rotatable bonds is 3. The smallest absolute Gasteiger partial charge is 0.229 e. The monoisotopic (exact) mass is 452 g/mol. The summed E-state index contributed by atoms with van der Waals surface area (Å²) >= 11 is 5.34. The number of likely N-dealkylation sites (tertiary alicyclic amines) is 1. The molecule has 1 aromatic rings. The van der Waals surface area contributed by atoms with Crippen molar-refractivity contribution in [1.82, 2.24) is 15.1 Å². The van der Waals surface area contributed by atoms with E-state index in [4.69, 9.17) is 0 Å². The molecule has 2 heterocycles. The number of carbonyl (C=O) groups excluding carboxylic acids is 2. The first-order valence-electron chi connectivity index (χ1n) is 10.0. The number of carbonyl (C=O) groups is 2. The highest BCUT2D eigenvalue weighted by Crippen LogP contribution is 2.64. The molecular formula is C19H25BrN4O2S. The van der Waals surface area contributed by atoms with E-state index in [0.717, 1.165) is 32.1 Å². The van der Waals surface area contributed by atoms with Crippen LogP contribution in [0.3, 0.4) is 0 Å². The summed E-state index contributed by atoms with van der Waals surface area (Å²) in [7, 11) is 0. The fraction of sp³-hybridized carbons (Fsp3) is 0.789. The number of piperidine rings is 1. The zero-order chi connectivity index (χ0) is 18.6. The van der Waals surface area contributed by atoms with Gasteiger partial charge in [0.2, 0.25) is 16.9 Å². The molecule has 27 heavy (non-hydrogen) atoms. The fourth-order valence-corrected chi connectivity index (χ4v) is 8.42. The van der Waals surface area contributed by atoms with Gasteiger partial charge in [0.15, 0.2) is 0 Å². The Morgan fingerprint density at radius 2 is 1.89 bits per heavy atom. The van der Waals surface area contributed by atoms with Crippen molar-refractivity contribution in [3.05, 3.63) is 5.51 Å². The molecule has 5 fully saturated rings. The summed E-state index contributed by atoms with van der Waals surface area (Å²) in [6.07, 6.45) is 8.43. The summed E-state index contributed by atoms with van der Waals surface area (Å²) in [6, 6.07) is 0. The Bertz CT molecular complexity index is 733. The molecule has 2 atom stereocenters. The standard InChI is InChI=1S/C19H25BrN4O2S/c20-19-8-12-5-13(9-19)7-18(6-12,10-19)16(26)24-3-1-14(2-4-24)15(25)22-17-23-21-11-27-17/h11-14H,1-10H2,(H,22,23,25). The number of amides is 2. The van der Waals surface area contributed by atoms with Crippen molar-refractivity contribution >= 4 is 44.2 Å². The van der Waals surface area contributed by atoms with Crippen LogP contribution in [-0.2, 0) is 9.59 Å². The molecule has 8 heteroatoms. The first kappa shape index (κ1) is 18.0. The molecule has 0 aromatic carbocycles. The lowest BCUT2D eigenvalue weighted by molar-refractivity contribution is -0.157. The number of aromatic nitrogens is 2. The molecule has 2 unspecified atom stereocenters. The summed E-state index contributed by atoms with van der Waals surface area (Å²) in [5.41, 5.74) is 1.47. The zero-order valence-electron chi connectivity index (χ0n) is 15.3. The van der Waals surface area contributed by atoms with Crippen molar-refractivity contribution in [2.45, 2.75) is 55.7 Å². The third-order valence-corrected chi connectivity index (χ3v) is 8.72. The van der Waals surface area contributed by atoms with E-state index in [0.29, 0.717) is 36.0 Å². The van der Waals surface area contributed by atoms with Crippen LogP contribution in [0.1, 0.15) is 51.4 Å². The summed E-state index contributed by atoms with van der Waals surface area (Å²) < 4.78 is 0.201. The van der Waals surface area contributed by atoms with Crippen molar-refractivity contribution in [2.75, 3.05) is 18.4 Å². The van der Waals surface area contributed by atoms with Crippen molar-refractivity contribution in [3.63, 3.8) is 0 Å². The summed E-state index contributed by atoms with van der Waals surface area (Å²) in [6.45, 7) is 1.39. The minimum atomic E-state index is -0.144. The summed E-state index contributed by atoms with van der Waals surface area (Å²) in [5, 5.41) is 11.0. The number of hydrogen-bond acceptors (Lipinski definition) is 5. The van der Waals surface area contributed by atoms with Crippen molar-refractivity contribution < 1.29 is 9.59 Å². The zero-order valence-corrected chi connectivity index (χ0v) is 17.7. The first-order chi connectivity index (χ1) is 12.9. The van der Waals surface area contributed by atoms with E-state index in [-0.39, 0.29) is 21.6 Å². The molecule has 1 aliphatic heterocycles. The van der Waals surface area contributed by atoms with Crippen LogP contribution in [-0.4, -0.2) is 44.3 Å². The second-order valence-corrected chi connectivity index (χ2v) is 11.7. The Kier molecular flexibility index (Phi) is 4.35. The second kappa shape index (κ2) is 6.51. The largest absolute Gasteiger partial charge is 0.342 e. The molecular weight excluding hydrogens is 428 g/mol. The topological polar surface area (TPSA) is 75.2 Å². The predicted octanol–water partition coefficient (Wildman–Crippen LogP) is 3.45. The van der Waals surface area contributed by atoms with Gasteiger partial charge >= 0.3 is 0 Å². The molecule has 2 amide bonds. The maximum atomic E-state index is 13.5. The van der Waals surface area contributed by atoms with E-state index in [1.165, 1.54) is 30.6 Å². The van der Waals surface area contributed by atoms with Gasteiger partial charge in [-0.25, -0.2) is 0 Å². The van der Waals surface area contributed by atoms with Gasteiger partial charge in [0.25, 0.3) is 0 Å². The molecule has 0 radical (unpaired) electrons. The van der Waals surface area contributed by atoms with Gasteiger partial charge in [-0.3, -0.25) is 9.59 Å². The molecule has 5 aliphatic rings. The number of hydrogen-bond donors (Lipinski definition) is 1. The van der Waals surface area contributed by atoms with E-state index in [9.17, 15) is 9.59 Å². The Balaban J connectivity index is 1.22. The summed E-state index contributed by atoms with van der Waals surface area (Å²) in [5.74, 6) is 1.75. The first-order valence-corrected chi connectivity index (χ1v) is 11.7. The van der Waals surface area contributed by atoms with Gasteiger partial charge in [-0.2, -0.15) is 0 Å². The number of nitrogens with one attached hydrogen (secondary N) is 1. The van der Waals surface area contributed by atoms with Crippen LogP contribution >= 0.6 is 27.3 Å². The summed E-state index contributed by atoms with van der Waals surface area (Å²) in [4.78, 5) is 28.0. The van der Waals surface area contributed by atoms with E-state index >= 15 is 0 Å². The molecule has 4 bridgehead atoms. The molecule has 146 valence electrons. The minimum absolute atomic E-state index is 0.00747. The van der Waals surface area contributed by atoms with Gasteiger partial charge in [0.1, 0.15) is 5.51 Å². The van der Waals surface area contributed by atoms with Crippen molar-refractivity contribution in [3.8, 4) is 0 Å². The Morgan fingerprint density at radius 3 is 2.48 bits per heavy atom. The highest BCUT2D eigenvalue weighted by molar-refractivity contribution is 9.10. The third-order valence-electron chi connectivity index (χ3n) is 7.19. The molecule has 6 rings (SSSR count). The van der Waals surface area contributed by atoms with Gasteiger partial charge < -0.3 is 10.2 Å². The molecule has 0 spiro atoms. The van der Waals surface area contributed by atoms with Crippen LogP contribution in [0.4, 0.5) is 5.13 Å². The van der Waals surface area contributed by atoms with Crippen LogP contribution in [0.2, 0.25) is 0 Å². The molecule has 4 aliphatic carbocycles. The minimum Gasteiger partial charge on any atom is -0.342 e. The lowest BCUT2D eigenvalue weighted by atomic mass is 9.49. The molecule has 6 nitrogen and oxygen atoms in total. The van der Waals surface area contributed by atoms with Gasteiger partial charge in [-0.05, 0) is 63.2 Å². The average Bonchev–Trinajstić information content (AvgIpc) is 3.12. The van der Waals surface area contributed by atoms with Crippen LogP contribution in [0.25, 0.3) is 0 Å². The van der Waals surface area contributed by atoms with E-state index in [2.05, 4.69) is 36.3 Å². The SMILES string of the molecule is O=C(Nc1nncs1)C1CCN(C(=O)C23CC4CC(CC(Br)(C4)C2)C3)CC1. The van der Waals surface area contributed by atoms with Crippen LogP contribution < -0.4 is 5.32 Å². The quantitative estimate of drug-likeness (QED) is 0.712. The number of nitrogens with zero attached hydrogens (tertiary/aromatic N) is 3. The Hall–Kier alpha value is -1.02. The number of anilines is 1. The second-order valence-electron chi connectivity index (χ2n) is 9.19. The van der Waals surface area contributed by atoms with Crippen LogP contribution in [0.15, 0.2) is 5.51 Å². The van der Waals surface area contributed by atoms with Crippen LogP contribution in [0, 0.1) is 23.2 Å². The van der Waals surface area contributed by atoms with E-state index < -0.39 is 0 Å². The van der Waals surface area contributed by atoms with Gasteiger partial charge in [-0.15, -0.1) is 10.2 Å². The normalized spacial score (nSPS) is 38.2. The van der Waals surface area contributed by atoms with Gasteiger partial charge in [-0.1, -0.05) is 27.3 Å².